The first-order valence-corrected chi connectivity index (χ1v) is 7.14. The van der Waals surface area contributed by atoms with Crippen LogP contribution in [0, 0.1) is 0 Å². The summed E-state index contributed by atoms with van der Waals surface area (Å²) in [5.41, 5.74) is -1.20. The van der Waals surface area contributed by atoms with Crippen molar-refractivity contribution in [2.24, 2.45) is 0 Å². The molecule has 2 heterocycles. The van der Waals surface area contributed by atoms with Crippen molar-refractivity contribution in [3.8, 4) is 11.3 Å². The van der Waals surface area contributed by atoms with Crippen molar-refractivity contribution >= 4 is 9.84 Å². The first kappa shape index (κ1) is 14.4. The van der Waals surface area contributed by atoms with E-state index in [1.165, 1.54) is 24.5 Å². The number of pyridine rings is 1. The molecular weight excluding hydrogens is 295 g/mol. The zero-order chi connectivity index (χ0) is 15.0. The average molecular weight is 303 g/mol. The summed E-state index contributed by atoms with van der Waals surface area (Å²) < 4.78 is 61.0. The zero-order valence-corrected chi connectivity index (χ0v) is 10.9. The van der Waals surface area contributed by atoms with Crippen molar-refractivity contribution in [1.82, 2.24) is 15.0 Å². The predicted molar refractivity (Wildman–Crippen MR) is 63.4 cm³/mol. The van der Waals surface area contributed by atoms with E-state index in [2.05, 4.69) is 15.0 Å². The SMILES string of the molecule is CS(=O)(=O)c1nc(-c2cccnc2)cc(C(F)(F)F)n1. The van der Waals surface area contributed by atoms with Gasteiger partial charge in [-0.1, -0.05) is 0 Å². The summed E-state index contributed by atoms with van der Waals surface area (Å²) in [4.78, 5) is 10.5. The molecule has 0 aliphatic heterocycles. The second kappa shape index (κ2) is 4.82. The molecule has 0 bridgehead atoms. The lowest BCUT2D eigenvalue weighted by atomic mass is 10.2. The summed E-state index contributed by atoms with van der Waals surface area (Å²) in [6.07, 6.45) is -1.30. The van der Waals surface area contributed by atoms with Crippen LogP contribution >= 0.6 is 0 Å². The van der Waals surface area contributed by atoms with Gasteiger partial charge in [-0.25, -0.2) is 18.4 Å². The summed E-state index contributed by atoms with van der Waals surface area (Å²) >= 11 is 0. The number of hydrogen-bond donors (Lipinski definition) is 0. The number of aromatic nitrogens is 3. The molecule has 0 spiro atoms. The molecule has 0 radical (unpaired) electrons. The minimum atomic E-state index is -4.76. The molecule has 5 nitrogen and oxygen atoms in total. The van der Waals surface area contributed by atoms with Crippen molar-refractivity contribution in [1.29, 1.82) is 0 Å². The molecule has 0 amide bonds. The van der Waals surface area contributed by atoms with E-state index in [1.54, 1.807) is 0 Å². The van der Waals surface area contributed by atoms with Gasteiger partial charge in [0.15, 0.2) is 0 Å². The molecule has 0 aliphatic carbocycles. The monoisotopic (exact) mass is 303 g/mol. The maximum Gasteiger partial charge on any atom is 0.433 e. The fraction of sp³-hybridized carbons (Fsp3) is 0.182. The van der Waals surface area contributed by atoms with E-state index in [9.17, 15) is 21.6 Å². The van der Waals surface area contributed by atoms with E-state index in [4.69, 9.17) is 0 Å². The molecule has 0 aliphatic rings. The Kier molecular flexibility index (Phi) is 3.46. The third-order valence-electron chi connectivity index (χ3n) is 2.29. The Morgan fingerprint density at radius 3 is 2.40 bits per heavy atom. The molecule has 0 N–H and O–H groups in total. The maximum atomic E-state index is 12.8. The topological polar surface area (TPSA) is 72.8 Å². The minimum Gasteiger partial charge on any atom is -0.264 e. The van der Waals surface area contributed by atoms with E-state index < -0.39 is 26.9 Å². The highest BCUT2D eigenvalue weighted by Crippen LogP contribution is 2.30. The van der Waals surface area contributed by atoms with E-state index in [-0.39, 0.29) is 11.3 Å². The van der Waals surface area contributed by atoms with Gasteiger partial charge in [-0.15, -0.1) is 0 Å². The number of alkyl halides is 3. The van der Waals surface area contributed by atoms with E-state index in [1.807, 2.05) is 0 Å². The van der Waals surface area contributed by atoms with Gasteiger partial charge in [0.2, 0.25) is 15.0 Å². The molecule has 0 saturated heterocycles. The van der Waals surface area contributed by atoms with Crippen LogP contribution in [0.1, 0.15) is 5.69 Å². The fourth-order valence-corrected chi connectivity index (χ4v) is 1.93. The number of sulfone groups is 1. The van der Waals surface area contributed by atoms with E-state index in [0.29, 0.717) is 6.07 Å². The number of rotatable bonds is 2. The van der Waals surface area contributed by atoms with Crippen LogP contribution in [0.3, 0.4) is 0 Å². The van der Waals surface area contributed by atoms with Crippen LogP contribution in [-0.4, -0.2) is 29.6 Å². The largest absolute Gasteiger partial charge is 0.433 e. The van der Waals surface area contributed by atoms with Gasteiger partial charge < -0.3 is 0 Å². The number of halogens is 3. The minimum absolute atomic E-state index is 0.152. The third-order valence-corrected chi connectivity index (χ3v) is 3.13. The average Bonchev–Trinajstić information content (AvgIpc) is 2.37. The highest BCUT2D eigenvalue weighted by Gasteiger charge is 2.34. The molecule has 0 aromatic carbocycles. The smallest absolute Gasteiger partial charge is 0.264 e. The van der Waals surface area contributed by atoms with Crippen LogP contribution in [0.25, 0.3) is 11.3 Å². The lowest BCUT2D eigenvalue weighted by Crippen LogP contribution is -2.14. The van der Waals surface area contributed by atoms with Crippen LogP contribution in [-0.2, 0) is 16.0 Å². The number of nitrogens with zero attached hydrogens (tertiary/aromatic N) is 3. The van der Waals surface area contributed by atoms with Gasteiger partial charge in [0.1, 0.15) is 5.69 Å². The van der Waals surface area contributed by atoms with E-state index >= 15 is 0 Å². The molecule has 0 fully saturated rings. The Bertz CT molecular complexity index is 730. The molecule has 106 valence electrons. The van der Waals surface area contributed by atoms with Crippen LogP contribution in [0.5, 0.6) is 0 Å². The standard InChI is InChI=1S/C11H8F3N3O2S/c1-20(18,19)10-16-8(7-3-2-4-15-6-7)5-9(17-10)11(12,13)14/h2-6H,1H3. The molecule has 0 atom stereocenters. The van der Waals surface area contributed by atoms with Gasteiger partial charge in [0.25, 0.3) is 0 Å². The second-order valence-corrected chi connectivity index (χ2v) is 5.84. The molecule has 2 aromatic rings. The molecular formula is C11H8F3N3O2S. The normalized spacial score (nSPS) is 12.4. The molecule has 20 heavy (non-hydrogen) atoms. The lowest BCUT2D eigenvalue weighted by molar-refractivity contribution is -0.141. The maximum absolute atomic E-state index is 12.8. The van der Waals surface area contributed by atoms with Crippen LogP contribution < -0.4 is 0 Å². The highest BCUT2D eigenvalue weighted by molar-refractivity contribution is 7.90. The molecule has 0 saturated carbocycles. The van der Waals surface area contributed by atoms with Crippen molar-refractivity contribution in [3.05, 3.63) is 36.3 Å². The molecule has 2 aromatic heterocycles. The summed E-state index contributed by atoms with van der Waals surface area (Å²) in [6, 6.07) is 3.66. The van der Waals surface area contributed by atoms with Crippen LogP contribution in [0.2, 0.25) is 0 Å². The molecule has 2 rings (SSSR count). The van der Waals surface area contributed by atoms with Crippen LogP contribution in [0.15, 0.2) is 35.7 Å². The first-order valence-electron chi connectivity index (χ1n) is 5.24. The Morgan fingerprint density at radius 2 is 1.90 bits per heavy atom. The third kappa shape index (κ3) is 3.10. The van der Waals surface area contributed by atoms with Gasteiger partial charge in [0.05, 0.1) is 5.69 Å². The van der Waals surface area contributed by atoms with Gasteiger partial charge in [-0.3, -0.25) is 4.98 Å². The second-order valence-electron chi connectivity index (χ2n) is 3.93. The van der Waals surface area contributed by atoms with Crippen molar-refractivity contribution in [2.45, 2.75) is 11.3 Å². The summed E-state index contributed by atoms with van der Waals surface area (Å²) in [7, 11) is -3.96. The lowest BCUT2D eigenvalue weighted by Gasteiger charge is -2.09. The van der Waals surface area contributed by atoms with Crippen molar-refractivity contribution in [2.75, 3.05) is 6.26 Å². The summed E-state index contributed by atoms with van der Waals surface area (Å²) in [5.74, 6) is 0. The Balaban J connectivity index is 2.70. The molecule has 9 heteroatoms. The Morgan fingerprint density at radius 1 is 1.20 bits per heavy atom. The highest BCUT2D eigenvalue weighted by atomic mass is 32.2. The quantitative estimate of drug-likeness (QED) is 0.793. The van der Waals surface area contributed by atoms with Gasteiger partial charge >= 0.3 is 6.18 Å². The van der Waals surface area contributed by atoms with E-state index in [0.717, 1.165) is 6.26 Å². The van der Waals surface area contributed by atoms with Crippen LogP contribution in [0.4, 0.5) is 13.2 Å². The number of hydrogen-bond acceptors (Lipinski definition) is 5. The zero-order valence-electron chi connectivity index (χ0n) is 10.1. The Labute approximate surface area is 112 Å². The summed E-state index contributed by atoms with van der Waals surface area (Å²) in [5, 5.41) is -0.869. The van der Waals surface area contributed by atoms with Gasteiger partial charge in [-0.2, -0.15) is 13.2 Å². The van der Waals surface area contributed by atoms with Gasteiger partial charge in [-0.05, 0) is 18.2 Å². The predicted octanol–water partition coefficient (Wildman–Crippen LogP) is 1.96. The first-order chi connectivity index (χ1) is 9.18. The Hall–Kier alpha value is -2.03. The fourth-order valence-electron chi connectivity index (χ4n) is 1.40. The summed E-state index contributed by atoms with van der Waals surface area (Å²) in [6.45, 7) is 0. The van der Waals surface area contributed by atoms with Crippen molar-refractivity contribution < 1.29 is 21.6 Å². The molecule has 0 unspecified atom stereocenters. The van der Waals surface area contributed by atoms with Gasteiger partial charge in [0, 0.05) is 24.2 Å². The van der Waals surface area contributed by atoms with Crippen molar-refractivity contribution in [3.63, 3.8) is 0 Å².